The van der Waals surface area contributed by atoms with Gasteiger partial charge in [-0.2, -0.15) is 0 Å². The molecule has 3 heteroatoms. The fraction of sp³-hybridized carbons (Fsp3) is 0.917. The minimum atomic E-state index is 0.225. The predicted octanol–water partition coefficient (Wildman–Crippen LogP) is 1.54. The molecule has 0 saturated carbocycles. The van der Waals surface area contributed by atoms with Crippen LogP contribution in [0, 0.1) is 11.8 Å². The van der Waals surface area contributed by atoms with Crippen molar-refractivity contribution < 1.29 is 4.79 Å². The molecule has 1 saturated heterocycles. The number of amides is 1. The zero-order valence-corrected chi connectivity index (χ0v) is 10.0. The second-order valence-corrected chi connectivity index (χ2v) is 4.95. The first kappa shape index (κ1) is 12.5. The minimum Gasteiger partial charge on any atom is -0.356 e. The van der Waals surface area contributed by atoms with Crippen molar-refractivity contribution in [2.75, 3.05) is 19.6 Å². The molecule has 1 rings (SSSR count). The smallest absolute Gasteiger partial charge is 0.220 e. The van der Waals surface area contributed by atoms with E-state index in [1.165, 1.54) is 6.42 Å². The molecule has 0 aromatic heterocycles. The van der Waals surface area contributed by atoms with Crippen LogP contribution in [0.15, 0.2) is 0 Å². The Kier molecular flexibility index (Phi) is 5.69. The van der Waals surface area contributed by atoms with Crippen molar-refractivity contribution in [3.63, 3.8) is 0 Å². The molecule has 0 spiro atoms. The lowest BCUT2D eigenvalue weighted by Crippen LogP contribution is -2.30. The first-order valence-corrected chi connectivity index (χ1v) is 6.16. The SMILES string of the molecule is CC(C)CCCC(=O)NCC1CCNC1. The molecule has 3 nitrogen and oxygen atoms in total. The fourth-order valence-corrected chi connectivity index (χ4v) is 1.91. The molecule has 1 amide bonds. The van der Waals surface area contributed by atoms with Gasteiger partial charge in [0.15, 0.2) is 0 Å². The van der Waals surface area contributed by atoms with Crippen molar-refractivity contribution in [1.29, 1.82) is 0 Å². The summed E-state index contributed by atoms with van der Waals surface area (Å²) in [5, 5.41) is 6.32. The Hall–Kier alpha value is -0.570. The highest BCUT2D eigenvalue weighted by Crippen LogP contribution is 2.07. The van der Waals surface area contributed by atoms with Gasteiger partial charge in [-0.25, -0.2) is 0 Å². The molecular formula is C12H24N2O. The zero-order chi connectivity index (χ0) is 11.1. The van der Waals surface area contributed by atoms with E-state index in [1.54, 1.807) is 0 Å². The first-order chi connectivity index (χ1) is 7.18. The molecule has 1 aliphatic rings. The maximum Gasteiger partial charge on any atom is 0.220 e. The summed E-state index contributed by atoms with van der Waals surface area (Å²) in [4.78, 5) is 11.4. The second kappa shape index (κ2) is 6.83. The van der Waals surface area contributed by atoms with Gasteiger partial charge in [0.05, 0.1) is 0 Å². The van der Waals surface area contributed by atoms with Crippen molar-refractivity contribution >= 4 is 5.91 Å². The number of rotatable bonds is 6. The summed E-state index contributed by atoms with van der Waals surface area (Å²) in [6.45, 7) is 7.41. The van der Waals surface area contributed by atoms with Gasteiger partial charge in [0.2, 0.25) is 5.91 Å². The van der Waals surface area contributed by atoms with Crippen LogP contribution in [0.4, 0.5) is 0 Å². The Bertz CT molecular complexity index is 186. The first-order valence-electron chi connectivity index (χ1n) is 6.16. The molecule has 0 bridgehead atoms. The topological polar surface area (TPSA) is 41.1 Å². The largest absolute Gasteiger partial charge is 0.356 e. The van der Waals surface area contributed by atoms with Gasteiger partial charge in [0.1, 0.15) is 0 Å². The summed E-state index contributed by atoms with van der Waals surface area (Å²) in [5.41, 5.74) is 0. The lowest BCUT2D eigenvalue weighted by atomic mass is 10.1. The summed E-state index contributed by atoms with van der Waals surface area (Å²) in [6.07, 6.45) is 4.06. The van der Waals surface area contributed by atoms with Crippen molar-refractivity contribution in [3.8, 4) is 0 Å². The Morgan fingerprint density at radius 2 is 2.33 bits per heavy atom. The number of hydrogen-bond acceptors (Lipinski definition) is 2. The van der Waals surface area contributed by atoms with Crippen LogP contribution in [0.25, 0.3) is 0 Å². The summed E-state index contributed by atoms with van der Waals surface area (Å²) in [7, 11) is 0. The third kappa shape index (κ3) is 5.78. The normalized spacial score (nSPS) is 20.9. The molecule has 2 N–H and O–H groups in total. The van der Waals surface area contributed by atoms with E-state index in [4.69, 9.17) is 0 Å². The van der Waals surface area contributed by atoms with E-state index in [0.29, 0.717) is 18.3 Å². The highest BCUT2D eigenvalue weighted by atomic mass is 16.1. The predicted molar refractivity (Wildman–Crippen MR) is 62.7 cm³/mol. The summed E-state index contributed by atoms with van der Waals surface area (Å²) >= 11 is 0. The maximum absolute atomic E-state index is 11.4. The number of carbonyl (C=O) groups excluding carboxylic acids is 1. The summed E-state index contributed by atoms with van der Waals surface area (Å²) < 4.78 is 0. The van der Waals surface area contributed by atoms with Gasteiger partial charge in [-0.1, -0.05) is 20.3 Å². The molecule has 1 atom stereocenters. The van der Waals surface area contributed by atoms with Gasteiger partial charge in [-0.3, -0.25) is 4.79 Å². The molecule has 0 aliphatic carbocycles. The summed E-state index contributed by atoms with van der Waals surface area (Å²) in [5.74, 6) is 1.58. The minimum absolute atomic E-state index is 0.225. The number of nitrogens with one attached hydrogen (secondary N) is 2. The maximum atomic E-state index is 11.4. The van der Waals surface area contributed by atoms with E-state index in [9.17, 15) is 4.79 Å². The van der Waals surface area contributed by atoms with E-state index in [0.717, 1.165) is 32.5 Å². The molecule has 1 unspecified atom stereocenters. The molecular weight excluding hydrogens is 188 g/mol. The van der Waals surface area contributed by atoms with E-state index in [2.05, 4.69) is 24.5 Å². The van der Waals surface area contributed by atoms with Crippen LogP contribution >= 0.6 is 0 Å². The van der Waals surface area contributed by atoms with Crippen LogP contribution in [-0.4, -0.2) is 25.5 Å². The van der Waals surface area contributed by atoms with Gasteiger partial charge >= 0.3 is 0 Å². The lowest BCUT2D eigenvalue weighted by Gasteiger charge is -2.10. The van der Waals surface area contributed by atoms with Crippen LogP contribution in [-0.2, 0) is 4.79 Å². The second-order valence-electron chi connectivity index (χ2n) is 4.95. The zero-order valence-electron chi connectivity index (χ0n) is 10.0. The fourth-order valence-electron chi connectivity index (χ4n) is 1.91. The lowest BCUT2D eigenvalue weighted by molar-refractivity contribution is -0.121. The van der Waals surface area contributed by atoms with Crippen LogP contribution in [0.3, 0.4) is 0 Å². The van der Waals surface area contributed by atoms with Crippen molar-refractivity contribution in [3.05, 3.63) is 0 Å². The van der Waals surface area contributed by atoms with Crippen LogP contribution in [0.2, 0.25) is 0 Å². The number of hydrogen-bond donors (Lipinski definition) is 2. The van der Waals surface area contributed by atoms with E-state index in [1.807, 2.05) is 0 Å². The Labute approximate surface area is 93.0 Å². The average Bonchev–Trinajstić information content (AvgIpc) is 2.66. The Morgan fingerprint density at radius 1 is 1.53 bits per heavy atom. The molecule has 1 fully saturated rings. The molecule has 0 aromatic carbocycles. The van der Waals surface area contributed by atoms with Crippen molar-refractivity contribution in [2.45, 2.75) is 39.5 Å². The Balaban J connectivity index is 1.98. The van der Waals surface area contributed by atoms with Crippen molar-refractivity contribution in [2.24, 2.45) is 11.8 Å². The summed E-state index contributed by atoms with van der Waals surface area (Å²) in [6, 6.07) is 0. The van der Waals surface area contributed by atoms with Gasteiger partial charge in [-0.05, 0) is 37.8 Å². The molecule has 0 aromatic rings. The average molecular weight is 212 g/mol. The highest BCUT2D eigenvalue weighted by molar-refractivity contribution is 5.75. The highest BCUT2D eigenvalue weighted by Gasteiger charge is 2.14. The monoisotopic (exact) mass is 212 g/mol. The van der Waals surface area contributed by atoms with Crippen molar-refractivity contribution in [1.82, 2.24) is 10.6 Å². The molecule has 1 heterocycles. The van der Waals surface area contributed by atoms with E-state index < -0.39 is 0 Å². The molecule has 0 radical (unpaired) electrons. The van der Waals surface area contributed by atoms with Gasteiger partial charge in [0, 0.05) is 13.0 Å². The van der Waals surface area contributed by atoms with Gasteiger partial charge in [0.25, 0.3) is 0 Å². The molecule has 88 valence electrons. The van der Waals surface area contributed by atoms with E-state index >= 15 is 0 Å². The molecule has 1 aliphatic heterocycles. The standard InChI is InChI=1S/C12H24N2O/c1-10(2)4-3-5-12(15)14-9-11-6-7-13-8-11/h10-11,13H,3-9H2,1-2H3,(H,14,15). The third-order valence-corrected chi connectivity index (χ3v) is 2.94. The molecule has 15 heavy (non-hydrogen) atoms. The van der Waals surface area contributed by atoms with Crippen LogP contribution < -0.4 is 10.6 Å². The third-order valence-electron chi connectivity index (χ3n) is 2.94. The Morgan fingerprint density at radius 3 is 2.93 bits per heavy atom. The van der Waals surface area contributed by atoms with Gasteiger partial charge < -0.3 is 10.6 Å². The number of carbonyl (C=O) groups is 1. The van der Waals surface area contributed by atoms with Crippen LogP contribution in [0.1, 0.15) is 39.5 Å². The van der Waals surface area contributed by atoms with Gasteiger partial charge in [-0.15, -0.1) is 0 Å². The quantitative estimate of drug-likeness (QED) is 0.701. The van der Waals surface area contributed by atoms with Crippen LogP contribution in [0.5, 0.6) is 0 Å². The van der Waals surface area contributed by atoms with E-state index in [-0.39, 0.29) is 5.91 Å².